The van der Waals surface area contributed by atoms with Crippen LogP contribution in [0.25, 0.3) is 0 Å². The number of aryl methyl sites for hydroxylation is 3. The maximum absolute atomic E-state index is 11.9. The van der Waals surface area contributed by atoms with Crippen molar-refractivity contribution in [1.29, 1.82) is 0 Å². The lowest BCUT2D eigenvalue weighted by Gasteiger charge is -2.11. The van der Waals surface area contributed by atoms with E-state index < -0.39 is 5.97 Å². The summed E-state index contributed by atoms with van der Waals surface area (Å²) in [5.41, 5.74) is 3.43. The van der Waals surface area contributed by atoms with Crippen LogP contribution in [0.1, 0.15) is 34.4 Å². The van der Waals surface area contributed by atoms with Crippen molar-refractivity contribution in [3.05, 3.63) is 40.8 Å². The molecule has 0 amide bonds. The molecule has 21 heavy (non-hydrogen) atoms. The fraction of sp³-hybridized carbons (Fsp3) is 0.333. The largest absolute Gasteiger partial charge is 0.461 e. The SMILES string of the molecule is CCOC(=O)c1nnc(C)cc1Nc1ccc(C)c(C)n1. The molecule has 0 atom stereocenters. The number of nitrogens with one attached hydrogen (secondary N) is 1. The van der Waals surface area contributed by atoms with E-state index in [1.54, 1.807) is 19.9 Å². The van der Waals surface area contributed by atoms with Crippen LogP contribution in [0.2, 0.25) is 0 Å². The molecule has 1 N–H and O–H groups in total. The van der Waals surface area contributed by atoms with Crippen LogP contribution < -0.4 is 5.32 Å². The van der Waals surface area contributed by atoms with Crippen LogP contribution in [0.3, 0.4) is 0 Å². The van der Waals surface area contributed by atoms with Gasteiger partial charge in [0, 0.05) is 5.69 Å². The van der Waals surface area contributed by atoms with Crippen molar-refractivity contribution < 1.29 is 9.53 Å². The van der Waals surface area contributed by atoms with Crippen LogP contribution in [-0.4, -0.2) is 27.8 Å². The van der Waals surface area contributed by atoms with E-state index in [0.29, 0.717) is 17.2 Å². The lowest BCUT2D eigenvalue weighted by atomic mass is 10.2. The van der Waals surface area contributed by atoms with E-state index in [4.69, 9.17) is 4.74 Å². The molecule has 2 rings (SSSR count). The van der Waals surface area contributed by atoms with E-state index in [1.165, 1.54) is 0 Å². The summed E-state index contributed by atoms with van der Waals surface area (Å²) < 4.78 is 4.99. The molecule has 0 aliphatic rings. The first-order valence-corrected chi connectivity index (χ1v) is 6.74. The van der Waals surface area contributed by atoms with Gasteiger partial charge in [-0.25, -0.2) is 9.78 Å². The number of anilines is 2. The minimum atomic E-state index is -0.503. The molecular formula is C15H18N4O2. The molecule has 0 unspecified atom stereocenters. The van der Waals surface area contributed by atoms with Gasteiger partial charge in [-0.1, -0.05) is 6.07 Å². The van der Waals surface area contributed by atoms with Gasteiger partial charge in [-0.05, 0) is 45.4 Å². The molecule has 0 fully saturated rings. The van der Waals surface area contributed by atoms with E-state index in [0.717, 1.165) is 11.3 Å². The van der Waals surface area contributed by atoms with E-state index in [1.807, 2.05) is 26.0 Å². The Bertz CT molecular complexity index is 671. The van der Waals surface area contributed by atoms with Crippen molar-refractivity contribution in [2.45, 2.75) is 27.7 Å². The molecule has 0 spiro atoms. The molecule has 6 heteroatoms. The number of rotatable bonds is 4. The number of nitrogens with zero attached hydrogens (tertiary/aromatic N) is 3. The van der Waals surface area contributed by atoms with Crippen molar-refractivity contribution in [2.24, 2.45) is 0 Å². The summed E-state index contributed by atoms with van der Waals surface area (Å²) >= 11 is 0. The molecule has 0 bridgehead atoms. The molecule has 0 saturated heterocycles. The van der Waals surface area contributed by atoms with Crippen LogP contribution in [0.4, 0.5) is 11.5 Å². The minimum Gasteiger partial charge on any atom is -0.461 e. The van der Waals surface area contributed by atoms with E-state index in [9.17, 15) is 4.79 Å². The summed E-state index contributed by atoms with van der Waals surface area (Å²) in [7, 11) is 0. The maximum Gasteiger partial charge on any atom is 0.361 e. The van der Waals surface area contributed by atoms with Crippen molar-refractivity contribution in [3.8, 4) is 0 Å². The highest BCUT2D eigenvalue weighted by molar-refractivity contribution is 5.94. The second-order valence-corrected chi connectivity index (χ2v) is 4.69. The Kier molecular flexibility index (Phi) is 4.47. The number of carbonyl (C=O) groups is 1. The Morgan fingerprint density at radius 3 is 2.67 bits per heavy atom. The third kappa shape index (κ3) is 3.53. The molecule has 2 aromatic rings. The van der Waals surface area contributed by atoms with Gasteiger partial charge in [-0.2, -0.15) is 5.10 Å². The second kappa shape index (κ2) is 6.30. The zero-order valence-electron chi connectivity index (χ0n) is 12.6. The topological polar surface area (TPSA) is 77.0 Å². The van der Waals surface area contributed by atoms with Crippen LogP contribution in [-0.2, 0) is 4.74 Å². The number of hydrogen-bond acceptors (Lipinski definition) is 6. The lowest BCUT2D eigenvalue weighted by molar-refractivity contribution is 0.0519. The molecule has 0 aliphatic carbocycles. The Hall–Kier alpha value is -2.50. The molecular weight excluding hydrogens is 268 g/mol. The van der Waals surface area contributed by atoms with Gasteiger partial charge in [0.15, 0.2) is 5.69 Å². The lowest BCUT2D eigenvalue weighted by Crippen LogP contribution is -2.12. The van der Waals surface area contributed by atoms with Gasteiger partial charge < -0.3 is 10.1 Å². The summed E-state index contributed by atoms with van der Waals surface area (Å²) in [6, 6.07) is 5.57. The Morgan fingerprint density at radius 1 is 1.24 bits per heavy atom. The Labute approximate surface area is 123 Å². The standard InChI is InChI=1S/C15H18N4O2/c1-5-21-15(20)14-12(8-10(3)18-19-14)17-13-7-6-9(2)11(4)16-13/h6-8H,5H2,1-4H3,(H,16,17,18). The predicted octanol–water partition coefficient (Wildman–Crippen LogP) is 2.72. The minimum absolute atomic E-state index is 0.155. The highest BCUT2D eigenvalue weighted by Gasteiger charge is 2.16. The second-order valence-electron chi connectivity index (χ2n) is 4.69. The van der Waals surface area contributed by atoms with Crippen molar-refractivity contribution in [1.82, 2.24) is 15.2 Å². The molecule has 2 heterocycles. The summed E-state index contributed by atoms with van der Waals surface area (Å²) in [5, 5.41) is 10.9. The van der Waals surface area contributed by atoms with E-state index in [-0.39, 0.29) is 12.3 Å². The van der Waals surface area contributed by atoms with Crippen molar-refractivity contribution in [2.75, 3.05) is 11.9 Å². The Morgan fingerprint density at radius 2 is 2.00 bits per heavy atom. The maximum atomic E-state index is 11.9. The molecule has 0 saturated carbocycles. The fourth-order valence-corrected chi connectivity index (χ4v) is 1.77. The van der Waals surface area contributed by atoms with Gasteiger partial charge in [0.1, 0.15) is 5.82 Å². The summed E-state index contributed by atoms with van der Waals surface area (Å²) in [6.45, 7) is 7.77. The smallest absolute Gasteiger partial charge is 0.361 e. The van der Waals surface area contributed by atoms with Gasteiger partial charge in [-0.3, -0.25) is 0 Å². The summed E-state index contributed by atoms with van der Waals surface area (Å²) in [4.78, 5) is 16.3. The molecule has 110 valence electrons. The quantitative estimate of drug-likeness (QED) is 0.871. The van der Waals surface area contributed by atoms with E-state index in [2.05, 4.69) is 20.5 Å². The average Bonchev–Trinajstić information content (AvgIpc) is 2.43. The van der Waals surface area contributed by atoms with Gasteiger partial charge in [0.05, 0.1) is 18.0 Å². The third-order valence-corrected chi connectivity index (χ3v) is 3.00. The fourth-order valence-electron chi connectivity index (χ4n) is 1.77. The highest BCUT2D eigenvalue weighted by Crippen LogP contribution is 2.20. The monoisotopic (exact) mass is 286 g/mol. The molecule has 6 nitrogen and oxygen atoms in total. The van der Waals surface area contributed by atoms with Crippen molar-refractivity contribution >= 4 is 17.5 Å². The van der Waals surface area contributed by atoms with Crippen LogP contribution >= 0.6 is 0 Å². The van der Waals surface area contributed by atoms with Crippen LogP contribution in [0, 0.1) is 20.8 Å². The predicted molar refractivity (Wildman–Crippen MR) is 79.7 cm³/mol. The first kappa shape index (κ1) is 14.9. The molecule has 2 aromatic heterocycles. The van der Waals surface area contributed by atoms with Gasteiger partial charge in [0.25, 0.3) is 0 Å². The van der Waals surface area contributed by atoms with Crippen LogP contribution in [0.5, 0.6) is 0 Å². The zero-order chi connectivity index (χ0) is 15.4. The summed E-state index contributed by atoms with van der Waals surface area (Å²) in [5.74, 6) is 0.146. The molecule has 0 aromatic carbocycles. The average molecular weight is 286 g/mol. The first-order valence-electron chi connectivity index (χ1n) is 6.74. The van der Waals surface area contributed by atoms with Crippen LogP contribution in [0.15, 0.2) is 18.2 Å². The third-order valence-electron chi connectivity index (χ3n) is 3.00. The number of hydrogen-bond donors (Lipinski definition) is 1. The Balaban J connectivity index is 2.35. The zero-order valence-corrected chi connectivity index (χ0v) is 12.6. The first-order chi connectivity index (χ1) is 10.0. The van der Waals surface area contributed by atoms with Gasteiger partial charge in [-0.15, -0.1) is 5.10 Å². The van der Waals surface area contributed by atoms with Gasteiger partial charge in [0.2, 0.25) is 0 Å². The number of ether oxygens (including phenoxy) is 1. The molecule has 0 aliphatic heterocycles. The number of aromatic nitrogens is 3. The van der Waals surface area contributed by atoms with Gasteiger partial charge >= 0.3 is 5.97 Å². The highest BCUT2D eigenvalue weighted by atomic mass is 16.5. The number of carbonyl (C=O) groups excluding carboxylic acids is 1. The van der Waals surface area contributed by atoms with E-state index >= 15 is 0 Å². The number of pyridine rings is 1. The normalized spacial score (nSPS) is 10.3. The van der Waals surface area contributed by atoms with Crippen molar-refractivity contribution in [3.63, 3.8) is 0 Å². The summed E-state index contributed by atoms with van der Waals surface area (Å²) in [6.07, 6.45) is 0. The molecule has 0 radical (unpaired) electrons. The number of esters is 1.